The molecule has 1 heterocycles. The fourth-order valence-corrected chi connectivity index (χ4v) is 5.26. The summed E-state index contributed by atoms with van der Waals surface area (Å²) in [4.78, 5) is 24.1. The first kappa shape index (κ1) is 22.5. The summed E-state index contributed by atoms with van der Waals surface area (Å²) in [7, 11) is -3.86. The lowest BCUT2D eigenvalue weighted by Crippen LogP contribution is -2.35. The molecule has 9 heteroatoms. The molecule has 7 nitrogen and oxygen atoms in total. The van der Waals surface area contributed by atoms with Gasteiger partial charge in [-0.3, -0.25) is 13.9 Å². The molecule has 1 N–H and O–H groups in total. The zero-order chi connectivity index (χ0) is 23.6. The van der Waals surface area contributed by atoms with Crippen molar-refractivity contribution in [2.24, 2.45) is 0 Å². The maximum atomic E-state index is 13.2. The van der Waals surface area contributed by atoms with Gasteiger partial charge in [0, 0.05) is 19.2 Å². The van der Waals surface area contributed by atoms with Crippen LogP contribution in [-0.4, -0.2) is 26.8 Å². The quantitative estimate of drug-likeness (QED) is 0.449. The second kappa shape index (κ2) is 9.03. The lowest BCUT2D eigenvalue weighted by atomic mass is 10.0. The number of benzene rings is 3. The zero-order valence-corrected chi connectivity index (χ0v) is 18.6. The molecule has 4 rings (SSSR count). The third kappa shape index (κ3) is 4.73. The molecule has 0 aromatic heterocycles. The molecule has 0 spiro atoms. The number of hydrogen-bond acceptors (Lipinski definition) is 5. The molecule has 170 valence electrons. The van der Waals surface area contributed by atoms with E-state index < -0.39 is 27.7 Å². The van der Waals surface area contributed by atoms with Crippen LogP contribution in [0.5, 0.6) is 5.75 Å². The van der Waals surface area contributed by atoms with Crippen LogP contribution in [0.3, 0.4) is 0 Å². The van der Waals surface area contributed by atoms with E-state index in [1.54, 1.807) is 36.4 Å². The van der Waals surface area contributed by atoms with Crippen molar-refractivity contribution in [3.63, 3.8) is 0 Å². The van der Waals surface area contributed by atoms with Gasteiger partial charge >= 0.3 is 5.97 Å². The van der Waals surface area contributed by atoms with E-state index in [0.29, 0.717) is 30.8 Å². The van der Waals surface area contributed by atoms with Gasteiger partial charge in [0.25, 0.3) is 15.9 Å². The predicted molar refractivity (Wildman–Crippen MR) is 121 cm³/mol. The average molecular weight is 469 g/mol. The number of amides is 1. The van der Waals surface area contributed by atoms with Crippen LogP contribution in [0.1, 0.15) is 29.3 Å². The third-order valence-electron chi connectivity index (χ3n) is 5.20. The van der Waals surface area contributed by atoms with Crippen molar-refractivity contribution in [3.8, 4) is 5.75 Å². The maximum Gasteiger partial charge on any atom is 0.308 e. The number of nitrogens with zero attached hydrogens (tertiary/aromatic N) is 1. The van der Waals surface area contributed by atoms with E-state index in [2.05, 4.69) is 5.32 Å². The van der Waals surface area contributed by atoms with Gasteiger partial charge in [-0.2, -0.15) is 0 Å². The van der Waals surface area contributed by atoms with Crippen molar-refractivity contribution >= 4 is 33.3 Å². The Kier molecular flexibility index (Phi) is 6.15. The van der Waals surface area contributed by atoms with Gasteiger partial charge in [-0.15, -0.1) is 0 Å². The summed E-state index contributed by atoms with van der Waals surface area (Å²) in [5.74, 6) is -1.36. The lowest BCUT2D eigenvalue weighted by molar-refractivity contribution is -0.131. The van der Waals surface area contributed by atoms with Crippen LogP contribution in [0.25, 0.3) is 0 Å². The smallest absolute Gasteiger partial charge is 0.308 e. The minimum Gasteiger partial charge on any atom is -0.426 e. The lowest BCUT2D eigenvalue weighted by Gasteiger charge is -2.31. The Morgan fingerprint density at radius 3 is 2.48 bits per heavy atom. The number of ether oxygens (including phenoxy) is 1. The van der Waals surface area contributed by atoms with Crippen LogP contribution in [0.2, 0.25) is 0 Å². The molecule has 0 saturated heterocycles. The minimum atomic E-state index is -3.86. The molecule has 0 unspecified atom stereocenters. The molecule has 0 saturated carbocycles. The summed E-state index contributed by atoms with van der Waals surface area (Å²) in [5, 5.41) is 2.77. The normalized spacial score (nSPS) is 13.2. The van der Waals surface area contributed by atoms with Gasteiger partial charge in [0.05, 0.1) is 16.1 Å². The highest BCUT2D eigenvalue weighted by Gasteiger charge is 2.29. The SMILES string of the molecule is CC(=O)Oc1ccccc1C(=O)Nc1ccc2c(c1)CCCN2S(=O)(=O)c1ccc(F)cc1. The molecule has 0 bridgehead atoms. The molecule has 1 aliphatic rings. The fourth-order valence-electron chi connectivity index (χ4n) is 3.72. The number of rotatable bonds is 5. The second-order valence-corrected chi connectivity index (χ2v) is 9.38. The number of carbonyl (C=O) groups is 2. The molecule has 3 aromatic carbocycles. The Labute approximate surface area is 190 Å². The fraction of sp³-hybridized carbons (Fsp3) is 0.167. The summed E-state index contributed by atoms with van der Waals surface area (Å²) in [6.45, 7) is 1.55. The third-order valence-corrected chi connectivity index (χ3v) is 7.03. The largest absolute Gasteiger partial charge is 0.426 e. The van der Waals surface area contributed by atoms with Crippen LogP contribution in [0.4, 0.5) is 15.8 Å². The highest BCUT2D eigenvalue weighted by atomic mass is 32.2. The van der Waals surface area contributed by atoms with E-state index in [4.69, 9.17) is 4.74 Å². The van der Waals surface area contributed by atoms with Gasteiger partial charge < -0.3 is 10.1 Å². The second-order valence-electron chi connectivity index (χ2n) is 7.52. The highest BCUT2D eigenvalue weighted by molar-refractivity contribution is 7.92. The Morgan fingerprint density at radius 1 is 1.03 bits per heavy atom. The Morgan fingerprint density at radius 2 is 1.76 bits per heavy atom. The van der Waals surface area contributed by atoms with E-state index in [-0.39, 0.29) is 16.2 Å². The summed E-state index contributed by atoms with van der Waals surface area (Å²) >= 11 is 0. The molecular formula is C24H21FN2O5S. The number of anilines is 2. The van der Waals surface area contributed by atoms with Crippen LogP contribution in [-0.2, 0) is 21.2 Å². The summed E-state index contributed by atoms with van der Waals surface area (Å²) in [6, 6.07) is 16.1. The van der Waals surface area contributed by atoms with Crippen molar-refractivity contribution in [2.45, 2.75) is 24.7 Å². The minimum absolute atomic E-state index is 0.0104. The van der Waals surface area contributed by atoms with E-state index in [1.165, 1.54) is 29.4 Å². The van der Waals surface area contributed by atoms with Crippen molar-refractivity contribution in [2.75, 3.05) is 16.2 Å². The monoisotopic (exact) mass is 468 g/mol. The van der Waals surface area contributed by atoms with Gasteiger partial charge in [-0.25, -0.2) is 12.8 Å². The van der Waals surface area contributed by atoms with Crippen LogP contribution < -0.4 is 14.4 Å². The average Bonchev–Trinajstić information content (AvgIpc) is 2.78. The number of halogens is 1. The molecule has 0 fully saturated rings. The zero-order valence-electron chi connectivity index (χ0n) is 17.7. The number of carbonyl (C=O) groups excluding carboxylic acids is 2. The number of esters is 1. The van der Waals surface area contributed by atoms with Crippen molar-refractivity contribution in [3.05, 3.63) is 83.7 Å². The highest BCUT2D eigenvalue weighted by Crippen LogP contribution is 2.34. The summed E-state index contributed by atoms with van der Waals surface area (Å²) < 4.78 is 45.9. The first-order valence-electron chi connectivity index (χ1n) is 10.3. The van der Waals surface area contributed by atoms with Crippen molar-refractivity contribution in [1.82, 2.24) is 0 Å². The first-order valence-corrected chi connectivity index (χ1v) is 11.7. The number of nitrogens with one attached hydrogen (secondary N) is 1. The topological polar surface area (TPSA) is 92.8 Å². The van der Waals surface area contributed by atoms with Crippen molar-refractivity contribution < 1.29 is 27.1 Å². The van der Waals surface area contributed by atoms with Gasteiger partial charge in [0.2, 0.25) is 0 Å². The molecule has 0 radical (unpaired) electrons. The van der Waals surface area contributed by atoms with Crippen LogP contribution in [0.15, 0.2) is 71.6 Å². The maximum absolute atomic E-state index is 13.2. The van der Waals surface area contributed by atoms with Gasteiger partial charge in [-0.05, 0) is 73.0 Å². The van der Waals surface area contributed by atoms with Crippen LogP contribution in [0, 0.1) is 5.82 Å². The van der Waals surface area contributed by atoms with Gasteiger partial charge in [0.15, 0.2) is 0 Å². The Hall–Kier alpha value is -3.72. The van der Waals surface area contributed by atoms with Crippen LogP contribution >= 0.6 is 0 Å². The van der Waals surface area contributed by atoms with E-state index in [1.807, 2.05) is 0 Å². The van der Waals surface area contributed by atoms with Crippen molar-refractivity contribution in [1.29, 1.82) is 0 Å². The number of hydrogen-bond donors (Lipinski definition) is 1. The van der Waals surface area contributed by atoms with E-state index in [0.717, 1.165) is 17.7 Å². The Bertz CT molecular complexity index is 1320. The first-order chi connectivity index (χ1) is 15.8. The van der Waals surface area contributed by atoms with E-state index >= 15 is 0 Å². The Balaban J connectivity index is 1.60. The molecule has 33 heavy (non-hydrogen) atoms. The number of para-hydroxylation sites is 1. The van der Waals surface area contributed by atoms with E-state index in [9.17, 15) is 22.4 Å². The van der Waals surface area contributed by atoms with Gasteiger partial charge in [0.1, 0.15) is 11.6 Å². The molecule has 0 aliphatic carbocycles. The molecule has 0 atom stereocenters. The van der Waals surface area contributed by atoms with Gasteiger partial charge in [-0.1, -0.05) is 12.1 Å². The number of sulfonamides is 1. The number of aryl methyl sites for hydroxylation is 1. The standard InChI is InChI=1S/C24H21FN2O5S/c1-16(28)32-23-7-3-2-6-21(23)24(29)26-19-10-13-22-17(15-19)5-4-14-27(22)33(30,31)20-11-8-18(25)9-12-20/h2-3,6-13,15H,4-5,14H2,1H3,(H,26,29). The molecule has 3 aromatic rings. The molecule has 1 amide bonds. The summed E-state index contributed by atoms with van der Waals surface area (Å²) in [6.07, 6.45) is 1.23. The number of fused-ring (bicyclic) bond motifs is 1. The predicted octanol–water partition coefficient (Wildman–Crippen LogP) is 4.14. The summed E-state index contributed by atoms with van der Waals surface area (Å²) in [5.41, 5.74) is 1.96. The molecule has 1 aliphatic heterocycles. The molecular weight excluding hydrogens is 447 g/mol.